The van der Waals surface area contributed by atoms with E-state index in [-0.39, 0.29) is 41.5 Å². The summed E-state index contributed by atoms with van der Waals surface area (Å²) in [4.78, 5) is 9.69. The molecule has 2 atom stereocenters. The van der Waals surface area contributed by atoms with Gasteiger partial charge in [0.15, 0.2) is 15.8 Å². The smallest absolute Gasteiger partial charge is 0.191 e. The minimum atomic E-state index is -2.88. The molecular weight excluding hydrogens is 465 g/mol. The largest absolute Gasteiger partial charge is 0.357 e. The van der Waals surface area contributed by atoms with Crippen LogP contribution in [0.3, 0.4) is 0 Å². The van der Waals surface area contributed by atoms with Crippen molar-refractivity contribution in [1.82, 2.24) is 20.4 Å². The molecule has 0 aromatic heterocycles. The third-order valence-electron chi connectivity index (χ3n) is 5.13. The van der Waals surface area contributed by atoms with Crippen molar-refractivity contribution >= 4 is 39.8 Å². The van der Waals surface area contributed by atoms with Gasteiger partial charge in [-0.3, -0.25) is 9.89 Å². The molecule has 0 spiro atoms. The first-order valence-corrected chi connectivity index (χ1v) is 11.3. The van der Waals surface area contributed by atoms with Crippen LogP contribution < -0.4 is 10.6 Å². The summed E-state index contributed by atoms with van der Waals surface area (Å²) in [6, 6.07) is 0.389. The Hall–Kier alpha value is -0.130. The first-order chi connectivity index (χ1) is 11.8. The number of nitrogens with zero attached hydrogens (tertiary/aromatic N) is 3. The number of guanidine groups is 1. The second-order valence-corrected chi connectivity index (χ2v) is 9.84. The number of piperazine rings is 1. The highest BCUT2D eigenvalue weighted by molar-refractivity contribution is 14.0. The van der Waals surface area contributed by atoms with Crippen molar-refractivity contribution in [1.29, 1.82) is 0 Å². The Morgan fingerprint density at radius 1 is 1.23 bits per heavy atom. The Balaban J connectivity index is 0.00000338. The Morgan fingerprint density at radius 2 is 1.88 bits per heavy atom. The van der Waals surface area contributed by atoms with Crippen molar-refractivity contribution < 1.29 is 8.42 Å². The average Bonchev–Trinajstić information content (AvgIpc) is 2.88. The van der Waals surface area contributed by atoms with Gasteiger partial charge in [-0.2, -0.15) is 0 Å². The van der Waals surface area contributed by atoms with Crippen molar-refractivity contribution in [3.63, 3.8) is 0 Å². The van der Waals surface area contributed by atoms with Gasteiger partial charge in [0.1, 0.15) is 0 Å². The molecule has 2 rings (SSSR count). The lowest BCUT2D eigenvalue weighted by atomic mass is 10.0. The number of aliphatic imine (C=N–C) groups is 1. The van der Waals surface area contributed by atoms with E-state index in [0.717, 1.165) is 45.2 Å². The molecule has 2 unspecified atom stereocenters. The summed E-state index contributed by atoms with van der Waals surface area (Å²) in [5, 5.41) is 6.57. The molecule has 0 aromatic rings. The lowest BCUT2D eigenvalue weighted by Crippen LogP contribution is -2.52. The summed E-state index contributed by atoms with van der Waals surface area (Å²) in [5.74, 6) is 1.76. The van der Waals surface area contributed by atoms with Crippen LogP contribution >= 0.6 is 24.0 Å². The topological polar surface area (TPSA) is 77.0 Å². The molecule has 0 aliphatic carbocycles. The van der Waals surface area contributed by atoms with E-state index in [9.17, 15) is 8.42 Å². The monoisotopic (exact) mass is 501 g/mol. The van der Waals surface area contributed by atoms with Crippen LogP contribution in [0, 0.1) is 5.92 Å². The fourth-order valence-corrected chi connectivity index (χ4v) is 5.18. The van der Waals surface area contributed by atoms with Crippen molar-refractivity contribution in [3.05, 3.63) is 0 Å². The summed E-state index contributed by atoms with van der Waals surface area (Å²) < 4.78 is 23.3. The number of hydrogen-bond acceptors (Lipinski definition) is 5. The molecule has 2 heterocycles. The van der Waals surface area contributed by atoms with Gasteiger partial charge in [-0.25, -0.2) is 8.42 Å². The zero-order valence-corrected chi connectivity index (χ0v) is 19.7. The highest BCUT2D eigenvalue weighted by Crippen LogP contribution is 2.14. The van der Waals surface area contributed by atoms with Crippen LogP contribution in [0.2, 0.25) is 0 Å². The van der Waals surface area contributed by atoms with Gasteiger partial charge in [0, 0.05) is 44.8 Å². The predicted molar refractivity (Wildman–Crippen MR) is 119 cm³/mol. The number of rotatable bonds is 6. The Kier molecular flexibility index (Phi) is 10.1. The van der Waals surface area contributed by atoms with Crippen LogP contribution in [0.4, 0.5) is 0 Å². The normalized spacial score (nSPS) is 25.7. The number of hydrogen-bond donors (Lipinski definition) is 2. The SMILES string of the molecule is CCNC(=NCC(C(C)C)N1CCN(C)CC1)NC1CCS(=O)(=O)C1.I. The van der Waals surface area contributed by atoms with E-state index in [1.54, 1.807) is 0 Å². The number of likely N-dealkylation sites (N-methyl/N-ethyl adjacent to an activating group) is 1. The van der Waals surface area contributed by atoms with E-state index < -0.39 is 9.84 Å². The van der Waals surface area contributed by atoms with E-state index in [4.69, 9.17) is 4.99 Å². The van der Waals surface area contributed by atoms with Crippen LogP contribution in [0.15, 0.2) is 4.99 Å². The Morgan fingerprint density at radius 3 is 2.38 bits per heavy atom. The maximum absolute atomic E-state index is 11.7. The molecule has 0 radical (unpaired) electrons. The predicted octanol–water partition coefficient (Wildman–Crippen LogP) is 0.619. The highest BCUT2D eigenvalue weighted by Gasteiger charge is 2.29. The maximum atomic E-state index is 11.7. The van der Waals surface area contributed by atoms with Gasteiger partial charge in [-0.1, -0.05) is 13.8 Å². The zero-order chi connectivity index (χ0) is 18.4. The Labute approximate surface area is 176 Å². The van der Waals surface area contributed by atoms with Gasteiger partial charge in [-0.05, 0) is 26.3 Å². The van der Waals surface area contributed by atoms with Crippen molar-refractivity contribution in [3.8, 4) is 0 Å². The van der Waals surface area contributed by atoms with Crippen LogP contribution in [0.25, 0.3) is 0 Å². The van der Waals surface area contributed by atoms with Crippen molar-refractivity contribution in [2.75, 3.05) is 57.8 Å². The molecular formula is C17H36IN5O2S. The van der Waals surface area contributed by atoms with Crippen LogP contribution in [-0.2, 0) is 9.84 Å². The number of nitrogens with one attached hydrogen (secondary N) is 2. The molecule has 0 amide bonds. The first-order valence-electron chi connectivity index (χ1n) is 9.48. The van der Waals surface area contributed by atoms with Gasteiger partial charge in [-0.15, -0.1) is 24.0 Å². The molecule has 154 valence electrons. The summed E-state index contributed by atoms with van der Waals surface area (Å²) in [6.45, 7) is 12.4. The molecule has 7 nitrogen and oxygen atoms in total. The standard InChI is InChI=1S/C17H35N5O2S.HI/c1-5-18-17(20-15-6-11-25(23,24)13-15)19-12-16(14(2)3)22-9-7-21(4)8-10-22;/h14-16H,5-13H2,1-4H3,(H2,18,19,20);1H. The van der Waals surface area contributed by atoms with E-state index >= 15 is 0 Å². The molecule has 2 saturated heterocycles. The lowest BCUT2D eigenvalue weighted by Gasteiger charge is -2.39. The van der Waals surface area contributed by atoms with Gasteiger partial charge in [0.05, 0.1) is 18.1 Å². The van der Waals surface area contributed by atoms with Crippen molar-refractivity contribution in [2.45, 2.75) is 39.3 Å². The maximum Gasteiger partial charge on any atom is 0.191 e. The molecule has 2 fully saturated rings. The number of halogens is 1. The van der Waals surface area contributed by atoms with Gasteiger partial charge >= 0.3 is 0 Å². The summed E-state index contributed by atoms with van der Waals surface area (Å²) >= 11 is 0. The summed E-state index contributed by atoms with van der Waals surface area (Å²) in [7, 11) is -0.712. The summed E-state index contributed by atoms with van der Waals surface area (Å²) in [6.07, 6.45) is 0.665. The third kappa shape index (κ3) is 7.47. The van der Waals surface area contributed by atoms with E-state index in [1.807, 2.05) is 6.92 Å². The number of sulfone groups is 1. The molecule has 2 aliphatic heterocycles. The summed E-state index contributed by atoms with van der Waals surface area (Å²) in [5.41, 5.74) is 0. The molecule has 9 heteroatoms. The van der Waals surface area contributed by atoms with Crippen LogP contribution in [0.1, 0.15) is 27.2 Å². The highest BCUT2D eigenvalue weighted by atomic mass is 127. The van der Waals surface area contributed by atoms with E-state index in [2.05, 4.69) is 41.3 Å². The molecule has 0 bridgehead atoms. The fourth-order valence-electron chi connectivity index (χ4n) is 3.51. The molecule has 2 aliphatic rings. The third-order valence-corrected chi connectivity index (χ3v) is 6.90. The average molecular weight is 501 g/mol. The van der Waals surface area contributed by atoms with Crippen LogP contribution in [-0.4, -0.2) is 94.1 Å². The fraction of sp³-hybridized carbons (Fsp3) is 0.941. The minimum absolute atomic E-state index is 0. The van der Waals surface area contributed by atoms with Gasteiger partial charge < -0.3 is 15.5 Å². The quantitative estimate of drug-likeness (QED) is 0.316. The first kappa shape index (κ1) is 23.9. The molecule has 2 N–H and O–H groups in total. The second kappa shape index (κ2) is 11.0. The van der Waals surface area contributed by atoms with Crippen molar-refractivity contribution in [2.24, 2.45) is 10.9 Å². The molecule has 0 saturated carbocycles. The second-order valence-electron chi connectivity index (χ2n) is 7.61. The minimum Gasteiger partial charge on any atom is -0.357 e. The molecule has 0 aromatic carbocycles. The zero-order valence-electron chi connectivity index (χ0n) is 16.6. The van der Waals surface area contributed by atoms with Gasteiger partial charge in [0.25, 0.3) is 0 Å². The van der Waals surface area contributed by atoms with Gasteiger partial charge in [0.2, 0.25) is 0 Å². The van der Waals surface area contributed by atoms with E-state index in [1.165, 1.54) is 0 Å². The van der Waals surface area contributed by atoms with E-state index in [0.29, 0.717) is 18.4 Å². The van der Waals surface area contributed by atoms with Crippen LogP contribution in [0.5, 0.6) is 0 Å². The molecule has 26 heavy (non-hydrogen) atoms. The Bertz CT molecular complexity index is 547. The lowest BCUT2D eigenvalue weighted by molar-refractivity contribution is 0.0925.